The van der Waals surface area contributed by atoms with Crippen LogP contribution in [0.1, 0.15) is 61.1 Å². The van der Waals surface area contributed by atoms with Gasteiger partial charge in [-0.05, 0) is 56.2 Å². The number of rotatable bonds is 6. The number of aliphatic hydroxyl groups excluding tert-OH is 1. The zero-order valence-corrected chi connectivity index (χ0v) is 24.9. The van der Waals surface area contributed by atoms with Crippen molar-refractivity contribution < 1.29 is 18.3 Å². The van der Waals surface area contributed by atoms with Crippen molar-refractivity contribution in [3.8, 4) is 0 Å². The first-order valence-electron chi connectivity index (χ1n) is 14.2. The molecule has 0 unspecified atom stereocenters. The molecule has 6 rings (SSSR count). The van der Waals surface area contributed by atoms with Crippen LogP contribution < -0.4 is 14.5 Å². The Morgan fingerprint density at radius 2 is 1.80 bits per heavy atom. The van der Waals surface area contributed by atoms with Crippen LogP contribution in [0.3, 0.4) is 0 Å². The molecule has 1 atom stereocenters. The number of nitrogens with zero attached hydrogens (tertiary/aromatic N) is 6. The molecule has 13 heteroatoms. The monoisotopic (exact) mass is 601 g/mol. The van der Waals surface area contributed by atoms with Gasteiger partial charge in [-0.15, -0.1) is 0 Å². The molecule has 3 aliphatic rings. The Kier molecular flexibility index (Phi) is 7.50. The molecule has 5 heterocycles. The summed E-state index contributed by atoms with van der Waals surface area (Å²) in [6, 6.07) is 8.35. The zero-order chi connectivity index (χ0) is 28.9. The molecule has 1 amide bonds. The van der Waals surface area contributed by atoms with Crippen LogP contribution in [0, 0.1) is 5.92 Å². The average Bonchev–Trinajstić information content (AvgIpc) is 3.35. The van der Waals surface area contributed by atoms with Gasteiger partial charge in [0.25, 0.3) is 5.91 Å². The molecule has 0 aliphatic carbocycles. The number of hydrogen-bond donors (Lipinski definition) is 2. The van der Waals surface area contributed by atoms with E-state index in [1.807, 2.05) is 10.6 Å². The number of piperidine rings is 2. The summed E-state index contributed by atoms with van der Waals surface area (Å²) >= 11 is 6.25. The van der Waals surface area contributed by atoms with E-state index in [0.29, 0.717) is 30.3 Å². The predicted octanol–water partition coefficient (Wildman–Crippen LogP) is 3.54. The highest BCUT2D eigenvalue weighted by atomic mass is 35.5. The van der Waals surface area contributed by atoms with Gasteiger partial charge in [-0.3, -0.25) is 9.52 Å². The number of nitrogens with one attached hydrogen (secondary N) is 1. The summed E-state index contributed by atoms with van der Waals surface area (Å²) < 4.78 is 28.4. The third-order valence-corrected chi connectivity index (χ3v) is 9.03. The van der Waals surface area contributed by atoms with E-state index in [1.165, 1.54) is 12.1 Å². The summed E-state index contributed by atoms with van der Waals surface area (Å²) in [5.41, 5.74) is 1.88. The number of hydrogen-bond acceptors (Lipinski definition) is 8. The lowest BCUT2D eigenvalue weighted by Crippen LogP contribution is -2.46. The SMILES string of the molecule is CC1CN(c2cc(N3CCC(O)CC3)n3nc([C@@H]4CCCCN4C(=O)c4cc(Cl)ccc4NS(C)(=O)=O)cc3n2)C1. The lowest BCUT2D eigenvalue weighted by atomic mass is 9.98. The topological polar surface area (TPSA) is 123 Å². The number of aromatic nitrogens is 3. The molecule has 3 aliphatic heterocycles. The molecule has 41 heavy (non-hydrogen) atoms. The van der Waals surface area contributed by atoms with Crippen molar-refractivity contribution in [1.29, 1.82) is 0 Å². The van der Waals surface area contributed by atoms with Crippen LogP contribution in [-0.2, 0) is 10.0 Å². The fourth-order valence-corrected chi connectivity index (χ4v) is 6.86. The minimum absolute atomic E-state index is 0.200. The number of fused-ring (bicyclic) bond motifs is 1. The minimum Gasteiger partial charge on any atom is -0.393 e. The van der Waals surface area contributed by atoms with Crippen LogP contribution in [-0.4, -0.2) is 84.0 Å². The molecule has 3 aromatic rings. The maximum atomic E-state index is 14.0. The molecular weight excluding hydrogens is 566 g/mol. The lowest BCUT2D eigenvalue weighted by molar-refractivity contribution is 0.0607. The first kappa shape index (κ1) is 28.0. The molecule has 2 N–H and O–H groups in total. The van der Waals surface area contributed by atoms with Crippen molar-refractivity contribution >= 4 is 50.5 Å². The highest BCUT2D eigenvalue weighted by Crippen LogP contribution is 2.36. The van der Waals surface area contributed by atoms with Gasteiger partial charge in [0.15, 0.2) is 5.65 Å². The summed E-state index contributed by atoms with van der Waals surface area (Å²) in [5.74, 6) is 2.17. The van der Waals surface area contributed by atoms with Gasteiger partial charge >= 0.3 is 0 Å². The summed E-state index contributed by atoms with van der Waals surface area (Å²) in [6.45, 7) is 6.11. The van der Waals surface area contributed by atoms with E-state index in [1.54, 1.807) is 11.0 Å². The third kappa shape index (κ3) is 5.82. The predicted molar refractivity (Wildman–Crippen MR) is 159 cm³/mol. The zero-order valence-electron chi connectivity index (χ0n) is 23.3. The molecule has 3 fully saturated rings. The molecule has 2 aromatic heterocycles. The van der Waals surface area contributed by atoms with Crippen molar-refractivity contribution in [2.75, 3.05) is 53.5 Å². The van der Waals surface area contributed by atoms with Crippen molar-refractivity contribution in [2.24, 2.45) is 5.92 Å². The highest BCUT2D eigenvalue weighted by Gasteiger charge is 2.33. The molecule has 0 bridgehead atoms. The maximum Gasteiger partial charge on any atom is 0.256 e. The first-order valence-corrected chi connectivity index (χ1v) is 16.5. The summed E-state index contributed by atoms with van der Waals surface area (Å²) in [5, 5.41) is 15.5. The number of carbonyl (C=O) groups is 1. The van der Waals surface area contributed by atoms with Crippen LogP contribution >= 0.6 is 11.6 Å². The standard InChI is InChI=1S/C28H36ClN7O4S/c1-18-16-34(17-18)25-15-27(33-11-8-20(37)9-12-33)36-26(30-25)14-23(31-36)24-5-3-4-10-35(24)28(38)21-13-19(29)6-7-22(21)32-41(2,39)40/h6-7,13-15,18,20,24,32,37H,3-5,8-12,16-17H2,1-2H3/t24-/m0/s1. The maximum absolute atomic E-state index is 14.0. The van der Waals surface area contributed by atoms with Gasteiger partial charge in [-0.2, -0.15) is 9.61 Å². The highest BCUT2D eigenvalue weighted by molar-refractivity contribution is 7.92. The van der Waals surface area contributed by atoms with Crippen molar-refractivity contribution in [3.63, 3.8) is 0 Å². The van der Waals surface area contributed by atoms with Crippen molar-refractivity contribution in [3.05, 3.63) is 46.6 Å². The fourth-order valence-electron chi connectivity index (χ4n) is 6.11. The Hall–Kier alpha value is -3.09. The summed E-state index contributed by atoms with van der Waals surface area (Å²) in [6.07, 6.45) is 4.66. The second-order valence-corrected chi connectivity index (χ2v) is 13.8. The number of aliphatic hydroxyl groups is 1. The third-order valence-electron chi connectivity index (χ3n) is 8.20. The molecule has 1 aromatic carbocycles. The summed E-state index contributed by atoms with van der Waals surface area (Å²) in [4.78, 5) is 25.2. The molecule has 0 spiro atoms. The van der Waals surface area contributed by atoms with Crippen molar-refractivity contribution in [2.45, 2.75) is 51.2 Å². The van der Waals surface area contributed by atoms with Gasteiger partial charge in [-0.25, -0.2) is 13.4 Å². The fraction of sp³-hybridized carbons (Fsp3) is 0.536. The molecule has 220 valence electrons. The van der Waals surface area contributed by atoms with Gasteiger partial charge in [0.1, 0.15) is 11.6 Å². The molecule has 11 nitrogen and oxygen atoms in total. The van der Waals surface area contributed by atoms with E-state index < -0.39 is 10.0 Å². The number of carbonyl (C=O) groups excluding carboxylic acids is 1. The largest absolute Gasteiger partial charge is 0.393 e. The van der Waals surface area contributed by atoms with E-state index in [9.17, 15) is 18.3 Å². The average molecular weight is 602 g/mol. The van der Waals surface area contributed by atoms with E-state index in [4.69, 9.17) is 21.7 Å². The smallest absolute Gasteiger partial charge is 0.256 e. The van der Waals surface area contributed by atoms with Crippen LogP contribution in [0.15, 0.2) is 30.3 Å². The van der Waals surface area contributed by atoms with Gasteiger partial charge in [0.05, 0.1) is 35.3 Å². The Balaban J connectivity index is 1.38. The number of amides is 1. The molecule has 0 saturated carbocycles. The molecular formula is C28H36ClN7O4S. The van der Waals surface area contributed by atoms with Crippen LogP contribution in [0.2, 0.25) is 5.02 Å². The van der Waals surface area contributed by atoms with Gasteiger partial charge in [0, 0.05) is 49.9 Å². The number of sulfonamides is 1. The van der Waals surface area contributed by atoms with Gasteiger partial charge < -0.3 is 19.8 Å². The van der Waals surface area contributed by atoms with Crippen molar-refractivity contribution in [1.82, 2.24) is 19.5 Å². The normalized spacial score (nSPS) is 20.9. The Morgan fingerprint density at radius 3 is 2.51 bits per heavy atom. The Morgan fingerprint density at radius 1 is 1.05 bits per heavy atom. The number of likely N-dealkylation sites (tertiary alicyclic amines) is 1. The van der Waals surface area contributed by atoms with Crippen LogP contribution in [0.4, 0.5) is 17.3 Å². The Bertz CT molecular complexity index is 1560. The second kappa shape index (κ2) is 11.0. The number of benzene rings is 1. The van der Waals surface area contributed by atoms with E-state index >= 15 is 0 Å². The van der Waals surface area contributed by atoms with Crippen LogP contribution in [0.5, 0.6) is 0 Å². The second-order valence-electron chi connectivity index (χ2n) is 11.6. The number of halogens is 1. The molecule has 3 saturated heterocycles. The minimum atomic E-state index is -3.60. The van der Waals surface area contributed by atoms with E-state index in [0.717, 1.165) is 74.7 Å². The van der Waals surface area contributed by atoms with Gasteiger partial charge in [0.2, 0.25) is 10.0 Å². The lowest BCUT2D eigenvalue weighted by Gasteiger charge is -2.39. The quantitative estimate of drug-likeness (QED) is 0.440. The number of anilines is 3. The molecule has 0 radical (unpaired) electrons. The van der Waals surface area contributed by atoms with E-state index in [2.05, 4.69) is 27.5 Å². The van der Waals surface area contributed by atoms with Crippen LogP contribution in [0.25, 0.3) is 5.65 Å². The first-order chi connectivity index (χ1) is 19.6. The Labute approximate surface area is 245 Å². The van der Waals surface area contributed by atoms with Gasteiger partial charge in [-0.1, -0.05) is 18.5 Å². The van der Waals surface area contributed by atoms with E-state index in [-0.39, 0.29) is 29.3 Å². The summed E-state index contributed by atoms with van der Waals surface area (Å²) in [7, 11) is -3.60.